The van der Waals surface area contributed by atoms with Crippen LogP contribution < -0.4 is 11.0 Å². The molecule has 0 spiro atoms. The summed E-state index contributed by atoms with van der Waals surface area (Å²) in [5, 5.41) is 22.8. The molecule has 0 aromatic heterocycles. The molecule has 0 amide bonds. The molecule has 31 heavy (non-hydrogen) atoms. The Hall–Kier alpha value is -0.530. The largest absolute Gasteiger partial charge is 0.396 e. The van der Waals surface area contributed by atoms with Gasteiger partial charge in [0.15, 0.2) is 5.78 Å². The van der Waals surface area contributed by atoms with Crippen molar-refractivity contribution in [1.29, 1.82) is 0 Å². The van der Waals surface area contributed by atoms with Gasteiger partial charge in [0.05, 0.1) is 12.1 Å². The van der Waals surface area contributed by atoms with Crippen LogP contribution in [0.5, 0.6) is 0 Å². The molecule has 1 heterocycles. The lowest BCUT2D eigenvalue weighted by Crippen LogP contribution is -2.57. The highest BCUT2D eigenvalue weighted by molar-refractivity contribution is 5.84. The smallest absolute Gasteiger partial charge is 0.151 e. The number of aliphatic hydroxyl groups excluding tert-OH is 1. The minimum atomic E-state index is -0.539. The lowest BCUT2D eigenvalue weighted by molar-refractivity contribution is -0.163. The summed E-state index contributed by atoms with van der Waals surface area (Å²) in [5.74, 6) is 3.15. The van der Waals surface area contributed by atoms with Gasteiger partial charge < -0.3 is 10.2 Å². The third kappa shape index (κ3) is 3.61. The van der Waals surface area contributed by atoms with E-state index in [9.17, 15) is 15.0 Å². The lowest BCUT2D eigenvalue weighted by atomic mass is 9.42. The predicted molar refractivity (Wildman–Crippen MR) is 120 cm³/mol. The molecule has 8 atom stereocenters. The first-order valence-corrected chi connectivity index (χ1v) is 12.9. The molecule has 1 aliphatic heterocycles. The van der Waals surface area contributed by atoms with E-state index in [1.807, 2.05) is 11.9 Å². The maximum absolute atomic E-state index is 13.3. The highest BCUT2D eigenvalue weighted by atomic mass is 16.3. The number of hydrazine groups is 2. The van der Waals surface area contributed by atoms with Gasteiger partial charge >= 0.3 is 0 Å². The molecule has 1 saturated heterocycles. The lowest BCUT2D eigenvalue weighted by Gasteiger charge is -2.63. The number of carbonyl (C=O) groups is 1. The van der Waals surface area contributed by atoms with Gasteiger partial charge in [-0.2, -0.15) is 5.53 Å². The fourth-order valence-electron chi connectivity index (χ4n) is 9.30. The summed E-state index contributed by atoms with van der Waals surface area (Å²) in [4.78, 5) is 13.3. The van der Waals surface area contributed by atoms with Crippen LogP contribution in [-0.4, -0.2) is 52.8 Å². The second-order valence-corrected chi connectivity index (χ2v) is 12.2. The van der Waals surface area contributed by atoms with Crippen molar-refractivity contribution >= 4 is 5.78 Å². The molecule has 0 aromatic carbocycles. The van der Waals surface area contributed by atoms with Crippen LogP contribution >= 0.6 is 0 Å². The van der Waals surface area contributed by atoms with Crippen molar-refractivity contribution in [3.8, 4) is 0 Å². The predicted octanol–water partition coefficient (Wildman–Crippen LogP) is 2.65. The van der Waals surface area contributed by atoms with Gasteiger partial charge in [-0.25, -0.2) is 10.4 Å². The number of nitrogens with one attached hydrogen (secondary N) is 2. The van der Waals surface area contributed by atoms with E-state index in [-0.39, 0.29) is 23.4 Å². The standard InChI is InChI=1S/C25H43N3O3/c1-23(31)9-10-25(11-14-29)17(15-23)3-4-18-19-5-6-21(24(19,2)8-7-20(18)25)22(30)16-28-13-12-26-27-28/h17-21,26-27,29,31H,3-16H2,1-2H3/t17-,18-,19-,20-,21+,23+,24-,25+/m0/s1. The summed E-state index contributed by atoms with van der Waals surface area (Å²) in [5.41, 5.74) is 6.02. The first kappa shape index (κ1) is 22.3. The molecule has 6 heteroatoms. The zero-order valence-corrected chi connectivity index (χ0v) is 19.5. The van der Waals surface area contributed by atoms with E-state index < -0.39 is 5.60 Å². The number of hydrogen-bond donors (Lipinski definition) is 4. The monoisotopic (exact) mass is 433 g/mol. The van der Waals surface area contributed by atoms with Gasteiger partial charge in [-0.05, 0) is 106 Å². The normalized spacial score (nSPS) is 50.0. The number of Topliss-reactive ketones (excluding diaryl/α,β-unsaturated/α-hetero) is 1. The molecule has 6 nitrogen and oxygen atoms in total. The molecular weight excluding hydrogens is 390 g/mol. The Balaban J connectivity index is 1.36. The molecule has 5 fully saturated rings. The Kier molecular flexibility index (Phi) is 5.78. The van der Waals surface area contributed by atoms with E-state index in [4.69, 9.17) is 0 Å². The average molecular weight is 434 g/mol. The van der Waals surface area contributed by atoms with Crippen LogP contribution in [0.4, 0.5) is 0 Å². The van der Waals surface area contributed by atoms with Crippen LogP contribution in [0.1, 0.15) is 78.1 Å². The second-order valence-electron chi connectivity index (χ2n) is 12.2. The van der Waals surface area contributed by atoms with Crippen molar-refractivity contribution in [1.82, 2.24) is 16.0 Å². The molecule has 176 valence electrons. The number of rotatable bonds is 5. The number of aliphatic hydroxyl groups is 2. The topological polar surface area (TPSA) is 84.8 Å². The molecule has 4 N–H and O–H groups in total. The van der Waals surface area contributed by atoms with Crippen LogP contribution in [-0.2, 0) is 4.79 Å². The van der Waals surface area contributed by atoms with E-state index in [1.54, 1.807) is 0 Å². The highest BCUT2D eigenvalue weighted by Crippen LogP contribution is 2.69. The van der Waals surface area contributed by atoms with Crippen molar-refractivity contribution in [2.24, 2.45) is 40.4 Å². The molecule has 5 aliphatic rings. The van der Waals surface area contributed by atoms with Gasteiger partial charge in [-0.15, -0.1) is 0 Å². The summed E-state index contributed by atoms with van der Waals surface area (Å²) in [7, 11) is 0. The van der Waals surface area contributed by atoms with Crippen LogP contribution in [0.25, 0.3) is 0 Å². The zero-order chi connectivity index (χ0) is 21.9. The van der Waals surface area contributed by atoms with E-state index in [0.717, 1.165) is 51.6 Å². The Labute approximate surface area is 187 Å². The zero-order valence-electron chi connectivity index (χ0n) is 19.5. The highest BCUT2D eigenvalue weighted by Gasteiger charge is 2.62. The Morgan fingerprint density at radius 3 is 2.65 bits per heavy atom. The summed E-state index contributed by atoms with van der Waals surface area (Å²) >= 11 is 0. The Morgan fingerprint density at radius 1 is 1.06 bits per heavy atom. The van der Waals surface area contributed by atoms with Crippen molar-refractivity contribution in [3.63, 3.8) is 0 Å². The number of ketones is 1. The van der Waals surface area contributed by atoms with Gasteiger partial charge in [0.25, 0.3) is 0 Å². The third-order valence-corrected chi connectivity index (χ3v) is 10.7. The number of carbonyl (C=O) groups excluding carboxylic acids is 1. The van der Waals surface area contributed by atoms with E-state index in [1.165, 1.54) is 25.7 Å². The minimum Gasteiger partial charge on any atom is -0.396 e. The summed E-state index contributed by atoms with van der Waals surface area (Å²) < 4.78 is 0. The quantitative estimate of drug-likeness (QED) is 0.533. The first-order valence-electron chi connectivity index (χ1n) is 12.9. The van der Waals surface area contributed by atoms with Crippen molar-refractivity contribution in [2.75, 3.05) is 26.2 Å². The second kappa shape index (κ2) is 8.05. The van der Waals surface area contributed by atoms with Gasteiger partial charge in [0, 0.05) is 25.6 Å². The van der Waals surface area contributed by atoms with Crippen LogP contribution in [0, 0.1) is 40.4 Å². The summed E-state index contributed by atoms with van der Waals surface area (Å²) in [6.45, 7) is 7.00. The van der Waals surface area contributed by atoms with Crippen molar-refractivity contribution in [3.05, 3.63) is 0 Å². The fraction of sp³-hybridized carbons (Fsp3) is 0.960. The molecule has 5 rings (SSSR count). The summed E-state index contributed by atoms with van der Waals surface area (Å²) in [6.07, 6.45) is 10.7. The first-order chi connectivity index (χ1) is 14.8. The van der Waals surface area contributed by atoms with E-state index in [2.05, 4.69) is 17.9 Å². The molecule has 4 aliphatic carbocycles. The Morgan fingerprint density at radius 2 is 1.90 bits per heavy atom. The number of nitrogens with zero attached hydrogens (tertiary/aromatic N) is 1. The van der Waals surface area contributed by atoms with Gasteiger partial charge in [-0.1, -0.05) is 6.92 Å². The summed E-state index contributed by atoms with van der Waals surface area (Å²) in [6, 6.07) is 0. The molecular formula is C25H43N3O3. The van der Waals surface area contributed by atoms with Crippen LogP contribution in [0.2, 0.25) is 0 Å². The maximum Gasteiger partial charge on any atom is 0.151 e. The molecule has 4 saturated carbocycles. The van der Waals surface area contributed by atoms with Crippen molar-refractivity contribution in [2.45, 2.75) is 83.7 Å². The third-order valence-electron chi connectivity index (χ3n) is 10.7. The van der Waals surface area contributed by atoms with Gasteiger partial charge in [-0.3, -0.25) is 4.79 Å². The fourth-order valence-corrected chi connectivity index (χ4v) is 9.30. The SMILES string of the molecule is C[C@@]1(O)CC[C@@]2(CCO)[C@@H](CC[C@H]3[C@@H]4CC[C@H](C(=O)CN5CCNN5)[C@@]4(C)CC[C@@H]32)C1. The minimum absolute atomic E-state index is 0.138. The number of hydrogen-bond acceptors (Lipinski definition) is 6. The van der Waals surface area contributed by atoms with E-state index in [0.29, 0.717) is 36.0 Å². The van der Waals surface area contributed by atoms with Crippen LogP contribution in [0.3, 0.4) is 0 Å². The average Bonchev–Trinajstić information content (AvgIpc) is 3.35. The number of fused-ring (bicyclic) bond motifs is 5. The van der Waals surface area contributed by atoms with Crippen molar-refractivity contribution < 1.29 is 15.0 Å². The van der Waals surface area contributed by atoms with Gasteiger partial charge in [0.1, 0.15) is 0 Å². The molecule has 0 aromatic rings. The van der Waals surface area contributed by atoms with Crippen LogP contribution in [0.15, 0.2) is 0 Å². The molecule has 0 bridgehead atoms. The maximum atomic E-state index is 13.3. The molecule has 0 unspecified atom stereocenters. The van der Waals surface area contributed by atoms with Gasteiger partial charge in [0.2, 0.25) is 0 Å². The van der Waals surface area contributed by atoms with E-state index >= 15 is 0 Å². The Bertz CT molecular complexity index is 693. The molecule has 0 radical (unpaired) electrons.